The highest BCUT2D eigenvalue weighted by Gasteiger charge is 2.35. The molecule has 70 valence electrons. The molecule has 0 aliphatic carbocycles. The SMILES string of the molecule is C/C=C(\C(F)=C/NBr)C(F)(F)F. The molecule has 0 radical (unpaired) electrons. The molecule has 0 spiro atoms. The molecule has 0 aliphatic heterocycles. The van der Waals surface area contributed by atoms with E-state index >= 15 is 0 Å². The lowest BCUT2D eigenvalue weighted by Gasteiger charge is -2.08. The number of allylic oxidation sites excluding steroid dienone is 3. The van der Waals surface area contributed by atoms with Crippen LogP contribution >= 0.6 is 16.1 Å². The molecule has 0 amide bonds. The molecule has 0 saturated carbocycles. The van der Waals surface area contributed by atoms with E-state index in [9.17, 15) is 17.6 Å². The third-order valence-corrected chi connectivity index (χ3v) is 1.26. The Balaban J connectivity index is 4.72. The van der Waals surface area contributed by atoms with Crippen LogP contribution < -0.4 is 4.34 Å². The molecule has 0 fully saturated rings. The number of halogens is 5. The third-order valence-electron chi connectivity index (χ3n) is 1.03. The van der Waals surface area contributed by atoms with Crippen LogP contribution in [0.1, 0.15) is 6.92 Å². The first kappa shape index (κ1) is 11.5. The van der Waals surface area contributed by atoms with Crippen molar-refractivity contribution in [2.24, 2.45) is 0 Å². The van der Waals surface area contributed by atoms with Crippen LogP contribution in [0.15, 0.2) is 23.7 Å². The number of rotatable bonds is 2. The van der Waals surface area contributed by atoms with E-state index in [4.69, 9.17) is 0 Å². The van der Waals surface area contributed by atoms with Crippen LogP contribution in [0.4, 0.5) is 17.6 Å². The molecule has 0 saturated heterocycles. The van der Waals surface area contributed by atoms with Crippen LogP contribution in [-0.4, -0.2) is 6.18 Å². The number of nitrogens with one attached hydrogen (secondary N) is 1. The van der Waals surface area contributed by atoms with Gasteiger partial charge in [-0.25, -0.2) is 4.39 Å². The maximum Gasteiger partial charge on any atom is 0.418 e. The Kier molecular flexibility index (Phi) is 4.30. The minimum atomic E-state index is -4.65. The fourth-order valence-electron chi connectivity index (χ4n) is 0.563. The lowest BCUT2D eigenvalue weighted by molar-refractivity contribution is -0.0912. The monoisotopic (exact) mass is 247 g/mol. The van der Waals surface area contributed by atoms with Crippen LogP contribution in [0.2, 0.25) is 0 Å². The van der Waals surface area contributed by atoms with Crippen molar-refractivity contribution in [2.75, 3.05) is 0 Å². The van der Waals surface area contributed by atoms with Gasteiger partial charge in [0.25, 0.3) is 0 Å². The third kappa shape index (κ3) is 3.25. The zero-order valence-corrected chi connectivity index (χ0v) is 7.63. The minimum absolute atomic E-state index is 0.572. The summed E-state index contributed by atoms with van der Waals surface area (Å²) in [6.45, 7) is 1.12. The molecule has 6 heteroatoms. The first-order valence-electron chi connectivity index (χ1n) is 2.89. The Bertz CT molecular complexity index is 206. The van der Waals surface area contributed by atoms with E-state index in [-0.39, 0.29) is 0 Å². The van der Waals surface area contributed by atoms with Crippen molar-refractivity contribution in [3.8, 4) is 0 Å². The normalized spacial score (nSPS) is 14.8. The summed E-state index contributed by atoms with van der Waals surface area (Å²) >= 11 is 2.55. The van der Waals surface area contributed by atoms with Crippen LogP contribution in [0.5, 0.6) is 0 Å². The summed E-state index contributed by atoms with van der Waals surface area (Å²) in [5.74, 6) is -1.36. The number of hydrogen-bond donors (Lipinski definition) is 1. The van der Waals surface area contributed by atoms with Gasteiger partial charge in [0, 0.05) is 22.3 Å². The van der Waals surface area contributed by atoms with Gasteiger partial charge in [0.1, 0.15) is 0 Å². The highest BCUT2D eigenvalue weighted by atomic mass is 79.9. The standard InChI is InChI=1S/C6H6BrF4N/c1-2-4(6(9,10)11)5(8)3-12-7/h2-3,12H,1H3/b4-2+,5-3+. The number of alkyl halides is 3. The van der Waals surface area contributed by atoms with Gasteiger partial charge in [0.2, 0.25) is 0 Å². The molecule has 0 heterocycles. The Morgan fingerprint density at radius 2 is 1.92 bits per heavy atom. The molecule has 0 bridgehead atoms. The first-order chi connectivity index (χ1) is 5.43. The van der Waals surface area contributed by atoms with Gasteiger partial charge in [-0.1, -0.05) is 6.08 Å². The van der Waals surface area contributed by atoms with Gasteiger partial charge in [0.05, 0.1) is 5.57 Å². The smallest absolute Gasteiger partial charge is 0.326 e. The molecule has 1 N–H and O–H groups in total. The average molecular weight is 248 g/mol. The van der Waals surface area contributed by atoms with E-state index in [2.05, 4.69) is 16.1 Å². The Hall–Kier alpha value is -0.520. The van der Waals surface area contributed by atoms with E-state index in [0.717, 1.165) is 6.92 Å². The maximum atomic E-state index is 12.5. The summed E-state index contributed by atoms with van der Waals surface area (Å²) in [6.07, 6.45) is -3.42. The zero-order valence-electron chi connectivity index (χ0n) is 6.04. The van der Waals surface area contributed by atoms with Crippen LogP contribution in [-0.2, 0) is 0 Å². The van der Waals surface area contributed by atoms with Crippen LogP contribution in [0.25, 0.3) is 0 Å². The Morgan fingerprint density at radius 1 is 1.42 bits per heavy atom. The molecule has 0 aromatic carbocycles. The van der Waals surface area contributed by atoms with Gasteiger partial charge in [-0.3, -0.25) is 0 Å². The Labute approximate surface area is 75.5 Å². The first-order valence-corrected chi connectivity index (χ1v) is 3.68. The molecule has 0 atom stereocenters. The lowest BCUT2D eigenvalue weighted by Crippen LogP contribution is -2.12. The van der Waals surface area contributed by atoms with Crippen molar-refractivity contribution >= 4 is 16.1 Å². The maximum absolute atomic E-state index is 12.5. The van der Waals surface area contributed by atoms with Crippen LogP contribution in [0, 0.1) is 0 Å². The quantitative estimate of drug-likeness (QED) is 0.449. The van der Waals surface area contributed by atoms with Crippen molar-refractivity contribution in [1.29, 1.82) is 0 Å². The zero-order chi connectivity index (χ0) is 9.78. The highest BCUT2D eigenvalue weighted by molar-refractivity contribution is 9.08. The van der Waals surface area contributed by atoms with E-state index < -0.39 is 17.6 Å². The van der Waals surface area contributed by atoms with Crippen molar-refractivity contribution in [2.45, 2.75) is 13.1 Å². The van der Waals surface area contributed by atoms with Crippen molar-refractivity contribution in [1.82, 2.24) is 4.34 Å². The average Bonchev–Trinajstić information content (AvgIpc) is 1.85. The Morgan fingerprint density at radius 3 is 2.17 bits per heavy atom. The van der Waals surface area contributed by atoms with Gasteiger partial charge in [-0.2, -0.15) is 13.2 Å². The summed E-state index contributed by atoms with van der Waals surface area (Å²) in [5.41, 5.74) is -1.30. The van der Waals surface area contributed by atoms with E-state index in [1.165, 1.54) is 0 Å². The second-order valence-corrected chi connectivity index (χ2v) is 2.26. The molecule has 0 rings (SSSR count). The summed E-state index contributed by atoms with van der Waals surface area (Å²) in [5, 5.41) is 0. The van der Waals surface area contributed by atoms with Gasteiger partial charge in [-0.05, 0) is 6.92 Å². The minimum Gasteiger partial charge on any atom is -0.326 e. The van der Waals surface area contributed by atoms with Crippen LogP contribution in [0.3, 0.4) is 0 Å². The van der Waals surface area contributed by atoms with Crippen molar-refractivity contribution < 1.29 is 17.6 Å². The van der Waals surface area contributed by atoms with Gasteiger partial charge < -0.3 is 4.34 Å². The molecule has 1 nitrogen and oxygen atoms in total. The summed E-state index contributed by atoms with van der Waals surface area (Å²) < 4.78 is 50.2. The largest absolute Gasteiger partial charge is 0.418 e. The lowest BCUT2D eigenvalue weighted by atomic mass is 10.2. The van der Waals surface area contributed by atoms with E-state index in [0.29, 0.717) is 12.3 Å². The molecular formula is C6H6BrF4N. The molecule has 0 aromatic heterocycles. The number of hydrogen-bond acceptors (Lipinski definition) is 1. The predicted molar refractivity (Wildman–Crippen MR) is 41.1 cm³/mol. The van der Waals surface area contributed by atoms with Crippen molar-refractivity contribution in [3.05, 3.63) is 23.7 Å². The molecule has 12 heavy (non-hydrogen) atoms. The predicted octanol–water partition coefficient (Wildman–Crippen LogP) is 3.21. The molecule has 0 unspecified atom stereocenters. The molecular weight excluding hydrogens is 242 g/mol. The second kappa shape index (κ2) is 4.49. The topological polar surface area (TPSA) is 12.0 Å². The molecule has 0 aliphatic rings. The van der Waals surface area contributed by atoms with E-state index in [1.54, 1.807) is 0 Å². The van der Waals surface area contributed by atoms with E-state index in [1.807, 2.05) is 4.34 Å². The van der Waals surface area contributed by atoms with Gasteiger partial charge in [-0.15, -0.1) is 0 Å². The second-order valence-electron chi connectivity index (χ2n) is 1.80. The fourth-order valence-corrected chi connectivity index (χ4v) is 0.764. The fraction of sp³-hybridized carbons (Fsp3) is 0.333. The summed E-state index contributed by atoms with van der Waals surface area (Å²) in [6, 6.07) is 0. The van der Waals surface area contributed by atoms with Gasteiger partial charge >= 0.3 is 6.18 Å². The molecule has 0 aromatic rings. The summed E-state index contributed by atoms with van der Waals surface area (Å²) in [4.78, 5) is 0. The van der Waals surface area contributed by atoms with Gasteiger partial charge in [0.15, 0.2) is 5.83 Å². The summed E-state index contributed by atoms with van der Waals surface area (Å²) in [7, 11) is 0. The van der Waals surface area contributed by atoms with Crippen molar-refractivity contribution in [3.63, 3.8) is 0 Å². The highest BCUT2D eigenvalue weighted by Crippen LogP contribution is 2.31.